The zero-order valence-electron chi connectivity index (χ0n) is 7.33. The van der Waals surface area contributed by atoms with Crippen molar-refractivity contribution in [2.45, 2.75) is 18.4 Å². The van der Waals surface area contributed by atoms with Crippen LogP contribution in [0.5, 0.6) is 0 Å². The van der Waals surface area contributed by atoms with Crippen molar-refractivity contribution in [3.63, 3.8) is 0 Å². The van der Waals surface area contributed by atoms with Crippen molar-refractivity contribution in [1.29, 1.82) is 0 Å². The van der Waals surface area contributed by atoms with E-state index in [1.165, 1.54) is 6.07 Å². The molecule has 1 aliphatic carbocycles. The zero-order chi connectivity index (χ0) is 10.3. The molecule has 0 aromatic heterocycles. The third-order valence-electron chi connectivity index (χ3n) is 2.44. The van der Waals surface area contributed by atoms with Crippen molar-refractivity contribution >= 4 is 21.9 Å². The summed E-state index contributed by atoms with van der Waals surface area (Å²) >= 11 is 3.21. The summed E-state index contributed by atoms with van der Waals surface area (Å²) in [4.78, 5) is 10.9. The number of halogens is 1. The van der Waals surface area contributed by atoms with Crippen LogP contribution in [0.2, 0.25) is 0 Å². The summed E-state index contributed by atoms with van der Waals surface area (Å²) < 4.78 is 0.711. The standard InChI is InChI=1S/C10H9BrO3/c11-6-1-2-8(10(14)3-4-10)7(5-6)9(12)13/h1-2,5,14H,3-4H2,(H,12,13). The van der Waals surface area contributed by atoms with E-state index in [0.29, 0.717) is 22.9 Å². The van der Waals surface area contributed by atoms with Crippen molar-refractivity contribution < 1.29 is 15.0 Å². The van der Waals surface area contributed by atoms with E-state index in [1.807, 2.05) is 0 Å². The van der Waals surface area contributed by atoms with E-state index < -0.39 is 11.6 Å². The van der Waals surface area contributed by atoms with Gasteiger partial charge in [-0.05, 0) is 30.5 Å². The van der Waals surface area contributed by atoms with E-state index >= 15 is 0 Å². The number of carbonyl (C=O) groups is 1. The van der Waals surface area contributed by atoms with Crippen molar-refractivity contribution in [2.24, 2.45) is 0 Å². The van der Waals surface area contributed by atoms with E-state index in [0.717, 1.165) is 0 Å². The molecule has 0 amide bonds. The molecule has 1 fully saturated rings. The second kappa shape index (κ2) is 3.07. The average Bonchev–Trinajstić information content (AvgIpc) is 2.84. The van der Waals surface area contributed by atoms with Crippen LogP contribution in [0, 0.1) is 0 Å². The molecule has 0 spiro atoms. The van der Waals surface area contributed by atoms with Crippen LogP contribution in [0.25, 0.3) is 0 Å². The fraction of sp³-hybridized carbons (Fsp3) is 0.300. The lowest BCUT2D eigenvalue weighted by Crippen LogP contribution is -2.12. The summed E-state index contributed by atoms with van der Waals surface area (Å²) in [6.45, 7) is 0. The average molecular weight is 257 g/mol. The Morgan fingerprint density at radius 2 is 2.07 bits per heavy atom. The Balaban J connectivity index is 2.54. The smallest absolute Gasteiger partial charge is 0.336 e. The Hall–Kier alpha value is -0.870. The number of hydrogen-bond acceptors (Lipinski definition) is 2. The zero-order valence-corrected chi connectivity index (χ0v) is 8.91. The Labute approximate surface area is 89.5 Å². The topological polar surface area (TPSA) is 57.5 Å². The van der Waals surface area contributed by atoms with Crippen LogP contribution in [0.3, 0.4) is 0 Å². The number of carboxylic acids is 1. The number of hydrogen-bond donors (Lipinski definition) is 2. The lowest BCUT2D eigenvalue weighted by Gasteiger charge is -2.11. The van der Waals surface area contributed by atoms with Crippen LogP contribution in [0.4, 0.5) is 0 Å². The van der Waals surface area contributed by atoms with E-state index in [2.05, 4.69) is 15.9 Å². The Kier molecular flexibility index (Phi) is 2.12. The first-order valence-corrected chi connectivity index (χ1v) is 5.08. The van der Waals surface area contributed by atoms with Gasteiger partial charge in [0.1, 0.15) is 0 Å². The molecule has 0 saturated heterocycles. The second-order valence-corrected chi connectivity index (χ2v) is 4.44. The van der Waals surface area contributed by atoms with E-state index in [-0.39, 0.29) is 5.56 Å². The highest BCUT2D eigenvalue weighted by Gasteiger charge is 2.44. The Morgan fingerprint density at radius 1 is 1.43 bits per heavy atom. The van der Waals surface area contributed by atoms with Gasteiger partial charge in [0.2, 0.25) is 0 Å². The molecule has 4 heteroatoms. The first-order valence-electron chi connectivity index (χ1n) is 4.29. The van der Waals surface area contributed by atoms with E-state index in [9.17, 15) is 9.90 Å². The third-order valence-corrected chi connectivity index (χ3v) is 2.93. The molecule has 14 heavy (non-hydrogen) atoms. The number of rotatable bonds is 2. The van der Waals surface area contributed by atoms with Crippen LogP contribution in [-0.2, 0) is 5.60 Å². The lowest BCUT2D eigenvalue weighted by molar-refractivity contribution is 0.0685. The molecular weight excluding hydrogens is 248 g/mol. The third kappa shape index (κ3) is 1.55. The maximum Gasteiger partial charge on any atom is 0.336 e. The summed E-state index contributed by atoms with van der Waals surface area (Å²) in [6.07, 6.45) is 1.30. The monoisotopic (exact) mass is 256 g/mol. The maximum atomic E-state index is 10.9. The van der Waals surface area contributed by atoms with Gasteiger partial charge in [-0.25, -0.2) is 4.79 Å². The summed E-state index contributed by atoms with van der Waals surface area (Å²) in [6, 6.07) is 4.94. The van der Waals surface area contributed by atoms with Gasteiger partial charge in [0.15, 0.2) is 0 Å². The summed E-state index contributed by atoms with van der Waals surface area (Å²) in [5.41, 5.74) is -0.193. The molecule has 0 bridgehead atoms. The van der Waals surface area contributed by atoms with Crippen LogP contribution in [0.1, 0.15) is 28.8 Å². The van der Waals surface area contributed by atoms with Crippen LogP contribution in [-0.4, -0.2) is 16.2 Å². The van der Waals surface area contributed by atoms with Gasteiger partial charge in [0, 0.05) is 4.47 Å². The molecular formula is C10H9BrO3. The van der Waals surface area contributed by atoms with Crippen LogP contribution >= 0.6 is 15.9 Å². The second-order valence-electron chi connectivity index (χ2n) is 3.53. The Morgan fingerprint density at radius 3 is 2.57 bits per heavy atom. The molecule has 1 saturated carbocycles. The van der Waals surface area contributed by atoms with Crippen LogP contribution < -0.4 is 0 Å². The first-order chi connectivity index (χ1) is 6.53. The van der Waals surface area contributed by atoms with Gasteiger partial charge in [0.25, 0.3) is 0 Å². The maximum absolute atomic E-state index is 10.9. The predicted molar refractivity (Wildman–Crippen MR) is 54.2 cm³/mol. The fourth-order valence-electron chi connectivity index (χ4n) is 1.49. The van der Waals surface area contributed by atoms with Gasteiger partial charge in [-0.3, -0.25) is 0 Å². The van der Waals surface area contributed by atoms with E-state index in [1.54, 1.807) is 12.1 Å². The highest BCUT2D eigenvalue weighted by atomic mass is 79.9. The molecule has 0 atom stereocenters. The SMILES string of the molecule is O=C(O)c1cc(Br)ccc1C1(O)CC1. The van der Waals surface area contributed by atoms with Crippen molar-refractivity contribution in [3.05, 3.63) is 33.8 Å². The van der Waals surface area contributed by atoms with Crippen molar-refractivity contribution in [2.75, 3.05) is 0 Å². The predicted octanol–water partition coefficient (Wildman–Crippen LogP) is 2.13. The highest BCUT2D eigenvalue weighted by molar-refractivity contribution is 9.10. The fourth-order valence-corrected chi connectivity index (χ4v) is 1.85. The molecule has 0 radical (unpaired) electrons. The van der Waals surface area contributed by atoms with Gasteiger partial charge < -0.3 is 10.2 Å². The molecule has 0 unspecified atom stereocenters. The number of aromatic carboxylic acids is 1. The minimum atomic E-state index is -0.998. The van der Waals surface area contributed by atoms with Crippen molar-refractivity contribution in [3.8, 4) is 0 Å². The van der Waals surface area contributed by atoms with Crippen molar-refractivity contribution in [1.82, 2.24) is 0 Å². The Bertz CT molecular complexity index is 396. The van der Waals surface area contributed by atoms with Gasteiger partial charge in [-0.1, -0.05) is 22.0 Å². The van der Waals surface area contributed by atoms with Gasteiger partial charge in [-0.2, -0.15) is 0 Å². The van der Waals surface area contributed by atoms with E-state index in [4.69, 9.17) is 5.11 Å². The number of benzene rings is 1. The number of aliphatic hydroxyl groups is 1. The largest absolute Gasteiger partial charge is 0.478 e. The molecule has 1 aromatic rings. The van der Waals surface area contributed by atoms with Gasteiger partial charge >= 0.3 is 5.97 Å². The minimum Gasteiger partial charge on any atom is -0.478 e. The lowest BCUT2D eigenvalue weighted by atomic mass is 10.0. The molecule has 74 valence electrons. The molecule has 2 N–H and O–H groups in total. The molecule has 1 aromatic carbocycles. The summed E-state index contributed by atoms with van der Waals surface area (Å²) in [7, 11) is 0. The first kappa shape index (κ1) is 9.68. The summed E-state index contributed by atoms with van der Waals surface area (Å²) in [5.74, 6) is -0.998. The van der Waals surface area contributed by atoms with Gasteiger partial charge in [-0.15, -0.1) is 0 Å². The number of carboxylic acid groups (broad SMARTS) is 1. The quantitative estimate of drug-likeness (QED) is 0.853. The molecule has 1 aliphatic rings. The molecule has 3 nitrogen and oxygen atoms in total. The molecule has 0 aliphatic heterocycles. The summed E-state index contributed by atoms with van der Waals surface area (Å²) in [5, 5.41) is 18.8. The van der Waals surface area contributed by atoms with Crippen LogP contribution in [0.15, 0.2) is 22.7 Å². The minimum absolute atomic E-state index is 0.180. The highest BCUT2D eigenvalue weighted by Crippen LogP contribution is 2.46. The molecule has 2 rings (SSSR count). The normalized spacial score (nSPS) is 17.9. The molecule has 0 heterocycles. The van der Waals surface area contributed by atoms with Gasteiger partial charge in [0.05, 0.1) is 11.2 Å².